The molecule has 0 aromatic heterocycles. The van der Waals surface area contributed by atoms with Gasteiger partial charge in [0.2, 0.25) is 0 Å². The Balaban J connectivity index is 0. The van der Waals surface area contributed by atoms with Gasteiger partial charge >= 0.3 is 27.7 Å². The summed E-state index contributed by atoms with van der Waals surface area (Å²) in [5.74, 6) is -0.107. The van der Waals surface area contributed by atoms with E-state index in [4.69, 9.17) is 4.74 Å². The third kappa shape index (κ3) is 4.27. The monoisotopic (exact) mass is 390 g/mol. The van der Waals surface area contributed by atoms with Crippen molar-refractivity contribution in [1.29, 1.82) is 0 Å². The summed E-state index contributed by atoms with van der Waals surface area (Å²) < 4.78 is 4.79. The van der Waals surface area contributed by atoms with Crippen molar-refractivity contribution in [2.45, 2.75) is 12.3 Å². The summed E-state index contributed by atoms with van der Waals surface area (Å²) in [5, 5.41) is 0. The minimum atomic E-state index is -0.181. The van der Waals surface area contributed by atoms with E-state index in [1.54, 1.807) is 0 Å². The Labute approximate surface area is 164 Å². The van der Waals surface area contributed by atoms with Gasteiger partial charge < -0.3 is 42.0 Å². The van der Waals surface area contributed by atoms with Crippen molar-refractivity contribution in [2.24, 2.45) is 0 Å². The topological polar surface area (TPSA) is 26.3 Å². The van der Waals surface area contributed by atoms with Crippen LogP contribution in [0.4, 0.5) is 0 Å². The molecule has 6 heteroatoms. The third-order valence-corrected chi connectivity index (χ3v) is 3.46. The molecule has 1 atom stereocenters. The summed E-state index contributed by atoms with van der Waals surface area (Å²) in [7, 11) is 1.43. The zero-order chi connectivity index (χ0) is 12.5. The van der Waals surface area contributed by atoms with Crippen LogP contribution in [0.15, 0.2) is 42.5 Å². The summed E-state index contributed by atoms with van der Waals surface area (Å²) >= 11 is 0. The van der Waals surface area contributed by atoms with E-state index in [9.17, 15) is 4.79 Å². The maximum absolute atomic E-state index is 11.6. The molecule has 1 aliphatic rings. The van der Waals surface area contributed by atoms with Crippen molar-refractivity contribution < 1.29 is 68.5 Å². The van der Waals surface area contributed by atoms with Crippen LogP contribution in [0.5, 0.6) is 0 Å². The SMILES string of the molecule is COC(=O)CC1c2[c-]cccc2-c2ccccc21.[Cl-].[Cl-].[Cl-].[Ti+4]. The Bertz CT molecular complexity index is 574. The van der Waals surface area contributed by atoms with Gasteiger partial charge in [0.15, 0.2) is 0 Å². The number of rotatable bonds is 2. The van der Waals surface area contributed by atoms with Crippen molar-refractivity contribution >= 4 is 5.97 Å². The Morgan fingerprint density at radius 3 is 2.41 bits per heavy atom. The van der Waals surface area contributed by atoms with E-state index in [1.165, 1.54) is 23.8 Å². The smallest absolute Gasteiger partial charge is 1.00 e. The first-order valence-electron chi connectivity index (χ1n) is 5.98. The van der Waals surface area contributed by atoms with Crippen molar-refractivity contribution in [2.75, 3.05) is 7.11 Å². The van der Waals surface area contributed by atoms with Gasteiger partial charge in [-0.25, -0.2) is 0 Å². The second kappa shape index (κ2) is 10.3. The van der Waals surface area contributed by atoms with E-state index in [-0.39, 0.29) is 70.8 Å². The molecule has 0 saturated heterocycles. The molecule has 0 amide bonds. The molecule has 0 fully saturated rings. The number of esters is 1. The molecule has 3 rings (SSSR count). The zero-order valence-corrected chi connectivity index (χ0v) is 15.6. The first-order chi connectivity index (χ1) is 8.81. The number of halogens is 3. The number of carbonyl (C=O) groups excluding carboxylic acids is 1. The molecule has 0 bridgehead atoms. The predicted molar refractivity (Wildman–Crippen MR) is 69.2 cm³/mol. The summed E-state index contributed by atoms with van der Waals surface area (Å²) in [5.41, 5.74) is 4.68. The second-order valence-corrected chi connectivity index (χ2v) is 4.42. The molecule has 1 unspecified atom stereocenters. The molecule has 0 radical (unpaired) electrons. The number of fused-ring (bicyclic) bond motifs is 3. The molecular formula is C16H13Cl3O2Ti. The number of methoxy groups -OCH3 is 1. The van der Waals surface area contributed by atoms with Crippen LogP contribution in [0.3, 0.4) is 0 Å². The minimum Gasteiger partial charge on any atom is -1.00 e. The number of hydrogen-bond donors (Lipinski definition) is 0. The predicted octanol–water partition coefficient (Wildman–Crippen LogP) is -5.83. The average Bonchev–Trinajstić information content (AvgIpc) is 2.74. The van der Waals surface area contributed by atoms with Crippen LogP contribution in [-0.2, 0) is 31.2 Å². The molecule has 22 heavy (non-hydrogen) atoms. The van der Waals surface area contributed by atoms with Gasteiger partial charge in [-0.2, -0.15) is 24.3 Å². The van der Waals surface area contributed by atoms with Crippen LogP contribution in [0.2, 0.25) is 0 Å². The van der Waals surface area contributed by atoms with Gasteiger partial charge in [-0.3, -0.25) is 4.79 Å². The van der Waals surface area contributed by atoms with E-state index in [1.807, 2.05) is 24.3 Å². The van der Waals surface area contributed by atoms with Crippen molar-refractivity contribution in [1.82, 2.24) is 0 Å². The molecule has 2 aromatic rings. The number of carbonyl (C=O) groups is 1. The van der Waals surface area contributed by atoms with Gasteiger partial charge in [0.05, 0.1) is 13.5 Å². The molecule has 114 valence electrons. The summed E-state index contributed by atoms with van der Waals surface area (Å²) in [4.78, 5) is 11.6. The van der Waals surface area contributed by atoms with Crippen molar-refractivity contribution in [3.05, 3.63) is 59.7 Å². The average molecular weight is 392 g/mol. The fourth-order valence-corrected chi connectivity index (χ4v) is 2.64. The minimum absolute atomic E-state index is 0. The Hall–Kier alpha value is -0.506. The van der Waals surface area contributed by atoms with Gasteiger partial charge in [-0.1, -0.05) is 29.8 Å². The molecule has 0 N–H and O–H groups in total. The van der Waals surface area contributed by atoms with Crippen LogP contribution in [-0.4, -0.2) is 13.1 Å². The third-order valence-electron chi connectivity index (χ3n) is 3.46. The van der Waals surface area contributed by atoms with Crippen LogP contribution in [0.1, 0.15) is 23.5 Å². The molecule has 0 aliphatic heterocycles. The standard InChI is InChI=1S/C16H13O2.3ClH.Ti/c1-18-16(17)10-15-13-8-4-2-6-11(13)12-7-3-5-9-14(12)15;;;;/h2-8,15H,10H2,1H3;3*1H;/q-1;;;;+4/p-3. The van der Waals surface area contributed by atoms with Gasteiger partial charge in [0.25, 0.3) is 0 Å². The van der Waals surface area contributed by atoms with E-state index in [0.717, 1.165) is 5.56 Å². The van der Waals surface area contributed by atoms with E-state index in [0.29, 0.717) is 6.42 Å². The number of benzene rings is 2. The first-order valence-corrected chi connectivity index (χ1v) is 5.98. The Morgan fingerprint density at radius 2 is 1.73 bits per heavy atom. The van der Waals surface area contributed by atoms with Gasteiger partial charge in [0, 0.05) is 0 Å². The molecule has 2 nitrogen and oxygen atoms in total. The maximum Gasteiger partial charge on any atom is 4.00 e. The van der Waals surface area contributed by atoms with Gasteiger partial charge in [-0.05, 0) is 11.5 Å². The van der Waals surface area contributed by atoms with Crippen LogP contribution in [0, 0.1) is 6.07 Å². The summed E-state index contributed by atoms with van der Waals surface area (Å²) in [6.07, 6.45) is 0.376. The molecular weight excluding hydrogens is 378 g/mol. The zero-order valence-electron chi connectivity index (χ0n) is 11.8. The summed E-state index contributed by atoms with van der Waals surface area (Å²) in [6.45, 7) is 0. The van der Waals surface area contributed by atoms with Gasteiger partial charge in [-0.15, -0.1) is 11.1 Å². The largest absolute Gasteiger partial charge is 4.00 e. The van der Waals surface area contributed by atoms with Crippen LogP contribution < -0.4 is 37.2 Å². The quantitative estimate of drug-likeness (QED) is 0.290. The maximum atomic E-state index is 11.6. The molecule has 0 heterocycles. The van der Waals surface area contributed by atoms with Crippen molar-refractivity contribution in [3.63, 3.8) is 0 Å². The Kier molecular flexibility index (Phi) is 11.1. The number of ether oxygens (including phenoxy) is 1. The summed E-state index contributed by atoms with van der Waals surface area (Å²) in [6, 6.07) is 17.4. The first kappa shape index (κ1) is 23.8. The van der Waals surface area contributed by atoms with E-state index >= 15 is 0 Å². The fraction of sp³-hybridized carbons (Fsp3) is 0.188. The second-order valence-electron chi connectivity index (χ2n) is 4.42. The normalized spacial score (nSPS) is 13.0. The molecule has 0 spiro atoms. The molecule has 1 aliphatic carbocycles. The van der Waals surface area contributed by atoms with E-state index in [2.05, 4.69) is 24.3 Å². The molecule has 0 saturated carbocycles. The van der Waals surface area contributed by atoms with Crippen molar-refractivity contribution in [3.8, 4) is 11.1 Å². The fourth-order valence-electron chi connectivity index (χ4n) is 2.64. The Morgan fingerprint density at radius 1 is 1.09 bits per heavy atom. The van der Waals surface area contributed by atoms with Gasteiger partial charge in [0.1, 0.15) is 0 Å². The molecule has 2 aromatic carbocycles. The number of hydrogen-bond acceptors (Lipinski definition) is 2. The van der Waals surface area contributed by atoms with Crippen LogP contribution in [0.25, 0.3) is 11.1 Å². The van der Waals surface area contributed by atoms with E-state index < -0.39 is 0 Å². The van der Waals surface area contributed by atoms with Crippen LogP contribution >= 0.6 is 0 Å².